The number of carbonyl (C=O) groups excluding carboxylic acids is 2. The van der Waals surface area contributed by atoms with E-state index in [1.54, 1.807) is 0 Å². The summed E-state index contributed by atoms with van der Waals surface area (Å²) in [5.74, 6) is -1.04. The number of hydrogen-bond donors (Lipinski definition) is 7. The number of ether oxygens (including phenoxy) is 6. The minimum Gasteiger partial charge on any atom is -0.462 e. The zero-order chi connectivity index (χ0) is 43.3. The van der Waals surface area contributed by atoms with Gasteiger partial charge in [0.25, 0.3) is 0 Å². The number of aliphatic hydroxyl groups is 7. The van der Waals surface area contributed by atoms with Crippen molar-refractivity contribution in [2.24, 2.45) is 0 Å². The Balaban J connectivity index is 1.94. The Hall–Kier alpha value is -3.06. The molecule has 0 spiro atoms. The van der Waals surface area contributed by atoms with E-state index < -0.39 is 99.3 Å². The Morgan fingerprint density at radius 3 is 1.75 bits per heavy atom. The van der Waals surface area contributed by atoms with Gasteiger partial charge in [-0.15, -0.1) is 0 Å². The van der Waals surface area contributed by atoms with Crippen molar-refractivity contribution in [3.05, 3.63) is 72.9 Å². The predicted octanol–water partition coefficient (Wildman–Crippen LogP) is 3.53. The lowest BCUT2D eigenvalue weighted by atomic mass is 9.98. The first-order valence-corrected chi connectivity index (χ1v) is 21.1. The minimum atomic E-state index is -1.78. The second kappa shape index (κ2) is 31.8. The van der Waals surface area contributed by atoms with Crippen LogP contribution >= 0.6 is 0 Å². The highest BCUT2D eigenvalue weighted by molar-refractivity contribution is 5.70. The summed E-state index contributed by atoms with van der Waals surface area (Å²) in [5.41, 5.74) is 0. The SMILES string of the molecule is CC/C=C/C=C/C=C/C=C/C=C/CCCC(=O)OC(COC(=O)CCCCCC/C=C/CCCC)CO[C@@H]1O[C@H](CO[C@@H]2O[C@H](CO)[C@H](O)C(O)C2O)[C@H](O)C(O)C1O. The van der Waals surface area contributed by atoms with Crippen LogP contribution in [-0.2, 0) is 38.0 Å². The molecule has 0 bridgehead atoms. The summed E-state index contributed by atoms with van der Waals surface area (Å²) in [7, 11) is 0. The Morgan fingerprint density at radius 2 is 1.10 bits per heavy atom. The molecule has 2 aliphatic heterocycles. The molecule has 0 radical (unpaired) electrons. The number of aliphatic hydroxyl groups excluding tert-OH is 7. The summed E-state index contributed by atoms with van der Waals surface area (Å²) in [6.45, 7) is 2.24. The average molecular weight is 839 g/mol. The molecule has 0 aromatic heterocycles. The van der Waals surface area contributed by atoms with Crippen LogP contribution in [0.1, 0.15) is 97.3 Å². The maximum Gasteiger partial charge on any atom is 0.306 e. The largest absolute Gasteiger partial charge is 0.462 e. The number of carbonyl (C=O) groups is 2. The third-order valence-corrected chi connectivity index (χ3v) is 9.55. The van der Waals surface area contributed by atoms with Crippen molar-refractivity contribution in [1.82, 2.24) is 0 Å². The van der Waals surface area contributed by atoms with Crippen LogP contribution in [0.5, 0.6) is 0 Å². The fourth-order valence-corrected chi connectivity index (χ4v) is 5.99. The standard InChI is InChI=1S/C44H70O15/c1-3-5-7-9-11-13-15-16-17-19-21-23-25-27-36(47)57-32(29-54-35(46)26-24-22-20-18-14-12-10-8-6-4-2)30-55-43-42(53)40(51)38(49)34(59-43)31-56-44-41(52)39(50)37(48)33(28-45)58-44/h5,7,9-13,15-17,19,21,32-34,37-45,48-53H,3-4,6,8,14,18,20,22-31H2,1-2H3/b7-5+,11-9+,12-10+,15-13+,17-16+,21-19+/t32?,33-,34-,37+,38+,39?,40?,41?,42?,43-,44-/m1/s1. The van der Waals surface area contributed by atoms with E-state index in [0.29, 0.717) is 19.3 Å². The molecule has 0 aromatic carbocycles. The number of hydrogen-bond acceptors (Lipinski definition) is 15. The van der Waals surface area contributed by atoms with Crippen molar-refractivity contribution in [3.63, 3.8) is 0 Å². The van der Waals surface area contributed by atoms with Gasteiger partial charge < -0.3 is 64.2 Å². The second-order valence-electron chi connectivity index (χ2n) is 14.6. The molecule has 2 aliphatic rings. The fourth-order valence-electron chi connectivity index (χ4n) is 5.99. The first kappa shape index (κ1) is 52.1. The van der Waals surface area contributed by atoms with Crippen LogP contribution < -0.4 is 0 Å². The second-order valence-corrected chi connectivity index (χ2v) is 14.6. The smallest absolute Gasteiger partial charge is 0.306 e. The Labute approximate surface area is 349 Å². The first-order valence-electron chi connectivity index (χ1n) is 21.1. The van der Waals surface area contributed by atoms with Gasteiger partial charge in [-0.25, -0.2) is 0 Å². The molecular formula is C44H70O15. The zero-order valence-corrected chi connectivity index (χ0v) is 34.7. The molecule has 2 saturated heterocycles. The Kier molecular flexibility index (Phi) is 28.0. The van der Waals surface area contributed by atoms with Gasteiger partial charge in [0.05, 0.1) is 19.8 Å². The Morgan fingerprint density at radius 1 is 0.559 bits per heavy atom. The van der Waals surface area contributed by atoms with Gasteiger partial charge >= 0.3 is 11.9 Å². The molecule has 59 heavy (non-hydrogen) atoms. The highest BCUT2D eigenvalue weighted by Gasteiger charge is 2.47. The lowest BCUT2D eigenvalue weighted by molar-refractivity contribution is -0.332. The molecule has 5 unspecified atom stereocenters. The fraction of sp³-hybridized carbons (Fsp3) is 0.682. The third-order valence-electron chi connectivity index (χ3n) is 9.55. The molecule has 0 saturated carbocycles. The molecule has 0 aromatic rings. The van der Waals surface area contributed by atoms with Crippen molar-refractivity contribution in [3.8, 4) is 0 Å². The van der Waals surface area contributed by atoms with Gasteiger partial charge in [-0.05, 0) is 44.9 Å². The summed E-state index contributed by atoms with van der Waals surface area (Å²) in [6.07, 6.45) is 16.9. The van der Waals surface area contributed by atoms with Crippen molar-refractivity contribution in [1.29, 1.82) is 0 Å². The number of unbranched alkanes of at least 4 members (excludes halogenated alkanes) is 7. The van der Waals surface area contributed by atoms with Gasteiger partial charge in [0.1, 0.15) is 55.4 Å². The highest BCUT2D eigenvalue weighted by atomic mass is 16.7. The van der Waals surface area contributed by atoms with Gasteiger partial charge in [-0.3, -0.25) is 9.59 Å². The van der Waals surface area contributed by atoms with Crippen LogP contribution in [0.3, 0.4) is 0 Å². The molecular weight excluding hydrogens is 768 g/mol. The van der Waals surface area contributed by atoms with Crippen LogP contribution in [0, 0.1) is 0 Å². The normalized spacial score (nSPS) is 28.6. The van der Waals surface area contributed by atoms with Gasteiger partial charge in [-0.2, -0.15) is 0 Å². The van der Waals surface area contributed by atoms with Gasteiger partial charge in [-0.1, -0.05) is 112 Å². The summed E-state index contributed by atoms with van der Waals surface area (Å²) in [6, 6.07) is 0. The molecule has 0 amide bonds. The summed E-state index contributed by atoms with van der Waals surface area (Å²) in [4.78, 5) is 25.5. The van der Waals surface area contributed by atoms with E-state index in [0.717, 1.165) is 38.5 Å². The van der Waals surface area contributed by atoms with Gasteiger partial charge in [0.15, 0.2) is 18.7 Å². The first-order chi connectivity index (χ1) is 28.5. The zero-order valence-electron chi connectivity index (χ0n) is 34.7. The van der Waals surface area contributed by atoms with E-state index in [1.807, 2.05) is 54.7 Å². The quantitative estimate of drug-likeness (QED) is 0.0247. The number of allylic oxidation sites excluding steroid dienone is 12. The highest BCUT2D eigenvalue weighted by Crippen LogP contribution is 2.26. The van der Waals surface area contributed by atoms with E-state index in [2.05, 4.69) is 32.1 Å². The maximum absolute atomic E-state index is 12.8. The monoisotopic (exact) mass is 838 g/mol. The van der Waals surface area contributed by atoms with E-state index in [4.69, 9.17) is 28.4 Å². The van der Waals surface area contributed by atoms with E-state index in [9.17, 15) is 45.3 Å². The van der Waals surface area contributed by atoms with Crippen molar-refractivity contribution in [2.75, 3.05) is 26.4 Å². The van der Waals surface area contributed by atoms with Gasteiger partial charge in [0.2, 0.25) is 0 Å². The van der Waals surface area contributed by atoms with Crippen LogP contribution in [0.2, 0.25) is 0 Å². The Bertz CT molecular complexity index is 1310. The molecule has 0 aliphatic carbocycles. The van der Waals surface area contributed by atoms with Crippen molar-refractivity contribution in [2.45, 2.75) is 165 Å². The van der Waals surface area contributed by atoms with Gasteiger partial charge in [0, 0.05) is 12.8 Å². The summed E-state index contributed by atoms with van der Waals surface area (Å²) in [5, 5.41) is 71.7. The summed E-state index contributed by atoms with van der Waals surface area (Å²) >= 11 is 0. The third kappa shape index (κ3) is 21.3. The van der Waals surface area contributed by atoms with E-state index in [-0.39, 0.29) is 19.4 Å². The van der Waals surface area contributed by atoms with E-state index in [1.165, 1.54) is 12.8 Å². The molecule has 11 atom stereocenters. The topological polar surface area (TPSA) is 231 Å². The lowest BCUT2D eigenvalue weighted by Gasteiger charge is -2.42. The van der Waals surface area contributed by atoms with E-state index >= 15 is 0 Å². The molecule has 336 valence electrons. The molecule has 2 rings (SSSR count). The van der Waals surface area contributed by atoms with Crippen molar-refractivity contribution >= 4 is 11.9 Å². The number of rotatable bonds is 29. The molecule has 7 N–H and O–H groups in total. The number of esters is 2. The van der Waals surface area contributed by atoms with Crippen molar-refractivity contribution < 1.29 is 73.8 Å². The molecule has 15 heteroatoms. The minimum absolute atomic E-state index is 0.0626. The predicted molar refractivity (Wildman–Crippen MR) is 219 cm³/mol. The molecule has 2 fully saturated rings. The van der Waals surface area contributed by atoms with Crippen LogP contribution in [0.15, 0.2) is 72.9 Å². The maximum atomic E-state index is 12.8. The molecule has 15 nitrogen and oxygen atoms in total. The van der Waals surface area contributed by atoms with Crippen LogP contribution in [0.4, 0.5) is 0 Å². The molecule has 2 heterocycles. The van der Waals surface area contributed by atoms with Crippen LogP contribution in [-0.4, -0.2) is 142 Å². The summed E-state index contributed by atoms with van der Waals surface area (Å²) < 4.78 is 33.2. The lowest BCUT2D eigenvalue weighted by Crippen LogP contribution is -2.61. The average Bonchev–Trinajstić information content (AvgIpc) is 3.23. The van der Waals surface area contributed by atoms with Crippen LogP contribution in [0.25, 0.3) is 0 Å².